The molecule has 5 heteroatoms. The van der Waals surface area contributed by atoms with Gasteiger partial charge in [-0.15, -0.1) is 0 Å². The van der Waals surface area contributed by atoms with Crippen LogP contribution in [-0.4, -0.2) is 27.4 Å². The van der Waals surface area contributed by atoms with Crippen LogP contribution < -0.4 is 0 Å². The summed E-state index contributed by atoms with van der Waals surface area (Å²) in [6, 6.07) is 0. The zero-order chi connectivity index (χ0) is 14.6. The Balaban J connectivity index is 2.51. The molecule has 0 spiro atoms. The van der Waals surface area contributed by atoms with Crippen molar-refractivity contribution in [2.75, 3.05) is 19.0 Å². The lowest BCUT2D eigenvalue weighted by Crippen LogP contribution is -2.36. The Labute approximate surface area is 122 Å². The molecule has 0 aromatic heterocycles. The van der Waals surface area contributed by atoms with Gasteiger partial charge in [0.25, 0.3) is 0 Å². The molecule has 0 saturated heterocycles. The van der Waals surface area contributed by atoms with Gasteiger partial charge in [-0.05, 0) is 24.7 Å². The van der Waals surface area contributed by atoms with Gasteiger partial charge in [-0.1, -0.05) is 40.0 Å². The van der Waals surface area contributed by atoms with E-state index < -0.39 is 9.05 Å². The van der Waals surface area contributed by atoms with Crippen molar-refractivity contribution in [3.05, 3.63) is 0 Å². The van der Waals surface area contributed by atoms with Crippen LogP contribution in [0.1, 0.15) is 59.3 Å². The Hall–Kier alpha value is 0.200. The largest absolute Gasteiger partial charge is 0.381 e. The van der Waals surface area contributed by atoms with E-state index >= 15 is 0 Å². The lowest BCUT2D eigenvalue weighted by Gasteiger charge is -2.36. The molecule has 0 atom stereocenters. The molecule has 114 valence electrons. The molecule has 1 rings (SSSR count). The van der Waals surface area contributed by atoms with Crippen molar-refractivity contribution in [3.63, 3.8) is 0 Å². The van der Waals surface area contributed by atoms with Crippen LogP contribution in [0.5, 0.6) is 0 Å². The second-order valence-electron chi connectivity index (χ2n) is 7.11. The fourth-order valence-electron chi connectivity index (χ4n) is 2.66. The van der Waals surface area contributed by atoms with Crippen LogP contribution in [0.15, 0.2) is 0 Å². The molecule has 0 unspecified atom stereocenters. The second kappa shape index (κ2) is 6.77. The van der Waals surface area contributed by atoms with E-state index in [2.05, 4.69) is 20.8 Å². The molecule has 0 radical (unpaired) electrons. The zero-order valence-corrected chi connectivity index (χ0v) is 13.9. The summed E-state index contributed by atoms with van der Waals surface area (Å²) in [6.07, 6.45) is 6.15. The first kappa shape index (κ1) is 17.3. The molecule has 0 amide bonds. The third-order valence-corrected chi connectivity index (χ3v) is 5.08. The van der Waals surface area contributed by atoms with Crippen molar-refractivity contribution < 1.29 is 13.2 Å². The standard InChI is InChI=1S/C14H27ClO3S/c1-13(2,3)9-10-18-11-14(12-19(15,16)17)7-5-4-6-8-14/h4-12H2,1-3H3. The number of halogens is 1. The normalized spacial score (nSPS) is 20.4. The summed E-state index contributed by atoms with van der Waals surface area (Å²) in [5.74, 6) is 0.0527. The Morgan fingerprint density at radius 1 is 1.16 bits per heavy atom. The Kier molecular flexibility index (Phi) is 6.15. The number of hydrogen-bond donors (Lipinski definition) is 0. The topological polar surface area (TPSA) is 43.4 Å². The second-order valence-corrected chi connectivity index (χ2v) is 9.88. The van der Waals surface area contributed by atoms with Gasteiger partial charge in [0, 0.05) is 22.7 Å². The fraction of sp³-hybridized carbons (Fsp3) is 1.00. The first-order chi connectivity index (χ1) is 8.62. The van der Waals surface area contributed by atoms with E-state index in [1.165, 1.54) is 6.42 Å². The molecule has 1 aliphatic carbocycles. The molecular formula is C14H27ClO3S. The third-order valence-electron chi connectivity index (χ3n) is 3.80. The highest BCUT2D eigenvalue weighted by Gasteiger charge is 2.36. The first-order valence-electron chi connectivity index (χ1n) is 7.12. The maximum Gasteiger partial charge on any atom is 0.233 e. The van der Waals surface area contributed by atoms with Crippen LogP contribution in [0.4, 0.5) is 0 Å². The molecule has 1 saturated carbocycles. The maximum atomic E-state index is 11.4. The number of rotatable bonds is 6. The van der Waals surface area contributed by atoms with E-state index in [1.54, 1.807) is 0 Å². The van der Waals surface area contributed by atoms with E-state index in [0.29, 0.717) is 13.2 Å². The lowest BCUT2D eigenvalue weighted by molar-refractivity contribution is 0.0229. The molecule has 1 aliphatic rings. The Bertz CT molecular complexity index is 365. The fourth-order valence-corrected chi connectivity index (χ4v) is 4.46. The molecule has 0 aromatic rings. The van der Waals surface area contributed by atoms with Crippen LogP contribution in [0.3, 0.4) is 0 Å². The van der Waals surface area contributed by atoms with E-state index in [4.69, 9.17) is 15.4 Å². The predicted molar refractivity (Wildman–Crippen MR) is 80.0 cm³/mol. The van der Waals surface area contributed by atoms with E-state index in [0.717, 1.165) is 32.1 Å². The third kappa shape index (κ3) is 7.52. The minimum absolute atomic E-state index is 0.0527. The van der Waals surface area contributed by atoms with Gasteiger partial charge in [0.15, 0.2) is 0 Å². The van der Waals surface area contributed by atoms with Crippen LogP contribution in [-0.2, 0) is 13.8 Å². The number of hydrogen-bond acceptors (Lipinski definition) is 3. The van der Waals surface area contributed by atoms with Gasteiger partial charge in [0.2, 0.25) is 9.05 Å². The monoisotopic (exact) mass is 310 g/mol. The molecule has 0 aliphatic heterocycles. The van der Waals surface area contributed by atoms with Crippen LogP contribution in [0.25, 0.3) is 0 Å². The lowest BCUT2D eigenvalue weighted by atomic mass is 9.76. The molecular weight excluding hydrogens is 284 g/mol. The molecule has 0 bridgehead atoms. The minimum Gasteiger partial charge on any atom is -0.381 e. The summed E-state index contributed by atoms with van der Waals surface area (Å²) in [5.41, 5.74) is -0.00495. The predicted octanol–water partition coefficient (Wildman–Crippen LogP) is 3.96. The zero-order valence-electron chi connectivity index (χ0n) is 12.4. The average Bonchev–Trinajstić information content (AvgIpc) is 2.22. The summed E-state index contributed by atoms with van der Waals surface area (Å²) in [4.78, 5) is 0. The first-order valence-corrected chi connectivity index (χ1v) is 9.60. The van der Waals surface area contributed by atoms with Gasteiger partial charge in [0.05, 0.1) is 12.4 Å². The molecule has 0 heterocycles. The Morgan fingerprint density at radius 3 is 2.21 bits per heavy atom. The van der Waals surface area contributed by atoms with Crippen molar-refractivity contribution in [3.8, 4) is 0 Å². The molecule has 3 nitrogen and oxygen atoms in total. The summed E-state index contributed by atoms with van der Waals surface area (Å²) < 4.78 is 28.6. The summed E-state index contributed by atoms with van der Waals surface area (Å²) in [5, 5.41) is 0. The smallest absolute Gasteiger partial charge is 0.233 e. The van der Waals surface area contributed by atoms with Crippen molar-refractivity contribution in [1.82, 2.24) is 0 Å². The van der Waals surface area contributed by atoms with Crippen molar-refractivity contribution >= 4 is 19.7 Å². The van der Waals surface area contributed by atoms with Gasteiger partial charge in [-0.3, -0.25) is 0 Å². The van der Waals surface area contributed by atoms with Crippen molar-refractivity contribution in [2.45, 2.75) is 59.3 Å². The molecule has 19 heavy (non-hydrogen) atoms. The van der Waals surface area contributed by atoms with E-state index in [9.17, 15) is 8.42 Å². The SMILES string of the molecule is CC(C)(C)CCOCC1(CS(=O)(=O)Cl)CCCCC1. The highest BCUT2D eigenvalue weighted by molar-refractivity contribution is 8.13. The van der Waals surface area contributed by atoms with Crippen LogP contribution in [0.2, 0.25) is 0 Å². The molecule has 0 N–H and O–H groups in total. The highest BCUT2D eigenvalue weighted by Crippen LogP contribution is 2.38. The quantitative estimate of drug-likeness (QED) is 0.551. The van der Waals surface area contributed by atoms with Crippen LogP contribution >= 0.6 is 10.7 Å². The average molecular weight is 311 g/mol. The maximum absolute atomic E-state index is 11.4. The van der Waals surface area contributed by atoms with E-state index in [-0.39, 0.29) is 16.6 Å². The summed E-state index contributed by atoms with van der Waals surface area (Å²) >= 11 is 0. The summed E-state index contributed by atoms with van der Waals surface area (Å²) in [7, 11) is 2.00. The number of ether oxygens (including phenoxy) is 1. The van der Waals surface area contributed by atoms with Gasteiger partial charge in [-0.25, -0.2) is 8.42 Å². The van der Waals surface area contributed by atoms with Crippen molar-refractivity contribution in [2.24, 2.45) is 10.8 Å². The summed E-state index contributed by atoms with van der Waals surface area (Å²) in [6.45, 7) is 7.74. The van der Waals surface area contributed by atoms with Gasteiger partial charge >= 0.3 is 0 Å². The van der Waals surface area contributed by atoms with Gasteiger partial charge < -0.3 is 4.74 Å². The van der Waals surface area contributed by atoms with Crippen molar-refractivity contribution in [1.29, 1.82) is 0 Å². The molecule has 1 fully saturated rings. The Morgan fingerprint density at radius 2 is 1.74 bits per heavy atom. The highest BCUT2D eigenvalue weighted by atomic mass is 35.7. The van der Waals surface area contributed by atoms with E-state index in [1.807, 2.05) is 0 Å². The van der Waals surface area contributed by atoms with Crippen LogP contribution in [0, 0.1) is 10.8 Å². The molecule has 0 aromatic carbocycles. The van der Waals surface area contributed by atoms with Gasteiger partial charge in [0.1, 0.15) is 0 Å². The van der Waals surface area contributed by atoms with Gasteiger partial charge in [-0.2, -0.15) is 0 Å². The minimum atomic E-state index is -3.46.